The van der Waals surface area contributed by atoms with Crippen LogP contribution in [0.5, 0.6) is 0 Å². The molecule has 5 rings (SSSR count). The molecule has 166 valence electrons. The van der Waals surface area contributed by atoms with Crippen LogP contribution in [0.2, 0.25) is 5.02 Å². The van der Waals surface area contributed by atoms with Gasteiger partial charge in [-0.05, 0) is 43.0 Å². The highest BCUT2D eigenvalue weighted by Gasteiger charge is 2.43. The van der Waals surface area contributed by atoms with Crippen LogP contribution in [0.4, 0.5) is 5.82 Å². The van der Waals surface area contributed by atoms with Crippen LogP contribution in [0.15, 0.2) is 42.9 Å². The zero-order chi connectivity index (χ0) is 22.4. The molecule has 1 aliphatic rings. The van der Waals surface area contributed by atoms with E-state index in [1.165, 1.54) is 6.33 Å². The van der Waals surface area contributed by atoms with Gasteiger partial charge in [-0.25, -0.2) is 15.0 Å². The van der Waals surface area contributed by atoms with Crippen molar-refractivity contribution in [2.24, 2.45) is 0 Å². The third kappa shape index (κ3) is 3.59. The fraction of sp³-hybridized carbons (Fsp3) is 0.348. The third-order valence-electron chi connectivity index (χ3n) is 6.12. The minimum absolute atomic E-state index is 0.297. The van der Waals surface area contributed by atoms with Gasteiger partial charge in [0, 0.05) is 17.0 Å². The van der Waals surface area contributed by atoms with E-state index < -0.39 is 24.5 Å². The van der Waals surface area contributed by atoms with Gasteiger partial charge < -0.3 is 25.3 Å². The molecule has 0 aliphatic carbocycles. The number of nitrogens with zero attached hydrogens (tertiary/aromatic N) is 4. The Bertz CT molecular complexity index is 1290. The number of halogens is 1. The molecule has 1 fully saturated rings. The molecule has 9 heteroatoms. The summed E-state index contributed by atoms with van der Waals surface area (Å²) in [5.41, 5.74) is 9.25. The van der Waals surface area contributed by atoms with Gasteiger partial charge in [-0.3, -0.25) is 0 Å². The Morgan fingerprint density at radius 2 is 2.00 bits per heavy atom. The summed E-state index contributed by atoms with van der Waals surface area (Å²) in [5.74, 6) is 0.297. The summed E-state index contributed by atoms with van der Waals surface area (Å²) in [6, 6.07) is 9.62. The molecule has 1 aliphatic heterocycles. The quantitative estimate of drug-likeness (QED) is 0.425. The fourth-order valence-electron chi connectivity index (χ4n) is 4.37. The Balaban J connectivity index is 1.34. The van der Waals surface area contributed by atoms with Crippen molar-refractivity contribution in [3.05, 3.63) is 59.1 Å². The van der Waals surface area contributed by atoms with Gasteiger partial charge in [0.2, 0.25) is 0 Å². The molecule has 8 nitrogen and oxygen atoms in total. The molecule has 32 heavy (non-hydrogen) atoms. The van der Waals surface area contributed by atoms with E-state index in [-0.39, 0.29) is 0 Å². The second kappa shape index (κ2) is 8.29. The van der Waals surface area contributed by atoms with E-state index in [9.17, 15) is 10.2 Å². The van der Waals surface area contributed by atoms with Crippen LogP contribution in [0.1, 0.15) is 30.8 Å². The van der Waals surface area contributed by atoms with Gasteiger partial charge in [0.1, 0.15) is 30.0 Å². The van der Waals surface area contributed by atoms with Gasteiger partial charge >= 0.3 is 0 Å². The third-order valence-corrected chi connectivity index (χ3v) is 6.42. The predicted octanol–water partition coefficient (Wildman–Crippen LogP) is 3.03. The normalized spacial score (nSPS) is 23.4. The number of hydrogen-bond donors (Lipinski definition) is 3. The standard InChI is InChI=1S/C23H24ClN5O3/c1-2-16-14-7-8-29(22(14)27-11-26-16)23-20(31)19(30)18(32-23)6-4-12-3-5-13-10-15(24)21(25)28-17(13)9-12/h3,5,7-11,18-20,23,30-31H,2,4,6H2,1H3,(H2,25,28)/t18-,19-,20-,23-/m1/s1. The SMILES string of the molecule is CCc1ncnc2c1ccn2[C@@H]1O[C@H](CCc2ccc3cc(Cl)c(N)nc3c2)[C@@H](O)[C@H]1O. The minimum atomic E-state index is -1.06. The van der Waals surface area contributed by atoms with Crippen molar-refractivity contribution < 1.29 is 14.9 Å². The molecule has 4 heterocycles. The Kier molecular flexibility index (Phi) is 5.46. The van der Waals surface area contributed by atoms with Gasteiger partial charge in [-0.1, -0.05) is 30.7 Å². The number of nitrogens with two attached hydrogens (primary N) is 1. The summed E-state index contributed by atoms with van der Waals surface area (Å²) in [6.45, 7) is 2.03. The van der Waals surface area contributed by atoms with Crippen LogP contribution in [0.3, 0.4) is 0 Å². The highest BCUT2D eigenvalue weighted by atomic mass is 35.5. The largest absolute Gasteiger partial charge is 0.388 e. The lowest BCUT2D eigenvalue weighted by Gasteiger charge is -2.17. The number of aliphatic hydroxyl groups is 2. The van der Waals surface area contributed by atoms with E-state index in [2.05, 4.69) is 15.0 Å². The zero-order valence-corrected chi connectivity index (χ0v) is 18.3. The van der Waals surface area contributed by atoms with Crippen LogP contribution >= 0.6 is 11.6 Å². The van der Waals surface area contributed by atoms with E-state index in [0.717, 1.165) is 34.0 Å². The average Bonchev–Trinajstić information content (AvgIpc) is 3.34. The van der Waals surface area contributed by atoms with Crippen LogP contribution in [-0.4, -0.2) is 48.0 Å². The topological polar surface area (TPSA) is 119 Å². The van der Waals surface area contributed by atoms with Crippen molar-refractivity contribution >= 4 is 39.4 Å². The average molecular weight is 454 g/mol. The van der Waals surface area contributed by atoms with Crippen molar-refractivity contribution in [3.8, 4) is 0 Å². The number of pyridine rings is 1. The molecule has 0 bridgehead atoms. The summed E-state index contributed by atoms with van der Waals surface area (Å²) in [7, 11) is 0. The van der Waals surface area contributed by atoms with Crippen LogP contribution < -0.4 is 5.73 Å². The lowest BCUT2D eigenvalue weighted by Crippen LogP contribution is -2.31. The molecular weight excluding hydrogens is 430 g/mol. The molecule has 4 atom stereocenters. The summed E-state index contributed by atoms with van der Waals surface area (Å²) < 4.78 is 7.88. The highest BCUT2D eigenvalue weighted by Crippen LogP contribution is 2.34. The Labute approximate surface area is 189 Å². The number of rotatable bonds is 5. The smallest absolute Gasteiger partial charge is 0.164 e. The predicted molar refractivity (Wildman–Crippen MR) is 122 cm³/mol. The van der Waals surface area contributed by atoms with E-state index >= 15 is 0 Å². The molecule has 0 unspecified atom stereocenters. The molecule has 1 saturated heterocycles. The molecule has 1 aromatic carbocycles. The molecule has 0 amide bonds. The van der Waals surface area contributed by atoms with Crippen molar-refractivity contribution in [2.45, 2.75) is 50.7 Å². The van der Waals surface area contributed by atoms with Crippen molar-refractivity contribution in [1.29, 1.82) is 0 Å². The monoisotopic (exact) mass is 453 g/mol. The summed E-state index contributed by atoms with van der Waals surface area (Å²) in [4.78, 5) is 13.0. The van der Waals surface area contributed by atoms with Crippen molar-refractivity contribution in [3.63, 3.8) is 0 Å². The van der Waals surface area contributed by atoms with E-state index in [0.29, 0.717) is 29.3 Å². The first-order valence-corrected chi connectivity index (χ1v) is 11.0. The number of ether oxygens (including phenoxy) is 1. The van der Waals surface area contributed by atoms with E-state index in [4.69, 9.17) is 22.1 Å². The highest BCUT2D eigenvalue weighted by molar-refractivity contribution is 6.33. The zero-order valence-electron chi connectivity index (χ0n) is 17.5. The lowest BCUT2D eigenvalue weighted by molar-refractivity contribution is -0.0364. The fourth-order valence-corrected chi connectivity index (χ4v) is 4.53. The van der Waals surface area contributed by atoms with Crippen molar-refractivity contribution in [2.75, 3.05) is 5.73 Å². The van der Waals surface area contributed by atoms with E-state index in [1.807, 2.05) is 37.4 Å². The maximum atomic E-state index is 10.7. The number of nitrogen functional groups attached to an aromatic ring is 1. The van der Waals surface area contributed by atoms with Gasteiger partial charge in [-0.2, -0.15) is 0 Å². The number of aromatic nitrogens is 4. The molecule has 0 radical (unpaired) electrons. The summed E-state index contributed by atoms with van der Waals surface area (Å²) in [5, 5.41) is 23.6. The minimum Gasteiger partial charge on any atom is -0.388 e. The molecule has 0 spiro atoms. The number of benzene rings is 1. The van der Waals surface area contributed by atoms with Crippen LogP contribution in [-0.2, 0) is 17.6 Å². The number of anilines is 1. The molecular formula is C23H24ClN5O3. The number of aryl methyl sites for hydroxylation is 2. The van der Waals surface area contributed by atoms with Crippen LogP contribution in [0.25, 0.3) is 21.9 Å². The molecule has 0 saturated carbocycles. The number of fused-ring (bicyclic) bond motifs is 2. The first-order chi connectivity index (χ1) is 15.5. The summed E-state index contributed by atoms with van der Waals surface area (Å²) in [6.07, 6.45) is 2.01. The Morgan fingerprint density at radius 1 is 1.16 bits per heavy atom. The maximum Gasteiger partial charge on any atom is 0.164 e. The van der Waals surface area contributed by atoms with Gasteiger partial charge in [0.25, 0.3) is 0 Å². The van der Waals surface area contributed by atoms with Gasteiger partial charge in [-0.15, -0.1) is 0 Å². The van der Waals surface area contributed by atoms with E-state index in [1.54, 1.807) is 10.6 Å². The first kappa shape index (κ1) is 21.1. The molecule has 4 N–H and O–H groups in total. The summed E-state index contributed by atoms with van der Waals surface area (Å²) >= 11 is 6.05. The second-order valence-electron chi connectivity index (χ2n) is 8.10. The van der Waals surface area contributed by atoms with Gasteiger partial charge in [0.05, 0.1) is 22.3 Å². The number of aliphatic hydroxyl groups excluding tert-OH is 2. The molecule has 3 aromatic heterocycles. The Morgan fingerprint density at radius 3 is 2.81 bits per heavy atom. The van der Waals surface area contributed by atoms with Crippen molar-refractivity contribution in [1.82, 2.24) is 19.5 Å². The number of hydrogen-bond acceptors (Lipinski definition) is 7. The maximum absolute atomic E-state index is 10.7. The lowest BCUT2D eigenvalue weighted by atomic mass is 10.0. The van der Waals surface area contributed by atoms with Crippen LogP contribution in [0, 0.1) is 0 Å². The first-order valence-electron chi connectivity index (χ1n) is 10.6. The molecule has 4 aromatic rings. The Hall–Kier alpha value is -2.78. The van der Waals surface area contributed by atoms with Gasteiger partial charge in [0.15, 0.2) is 6.23 Å². The second-order valence-corrected chi connectivity index (χ2v) is 8.51.